The molecule has 23 heavy (non-hydrogen) atoms. The van der Waals surface area contributed by atoms with Gasteiger partial charge in [-0.1, -0.05) is 18.2 Å². The summed E-state index contributed by atoms with van der Waals surface area (Å²) in [6.07, 6.45) is 0. The third kappa shape index (κ3) is 4.29. The summed E-state index contributed by atoms with van der Waals surface area (Å²) in [5.41, 5.74) is 2.29. The Balaban J connectivity index is 2.03. The first-order valence-corrected chi connectivity index (χ1v) is 7.29. The fourth-order valence-electron chi connectivity index (χ4n) is 2.27. The Kier molecular flexibility index (Phi) is 5.71. The van der Waals surface area contributed by atoms with Crippen LogP contribution in [0.3, 0.4) is 0 Å². The van der Waals surface area contributed by atoms with E-state index in [2.05, 4.69) is 5.32 Å². The first-order valence-electron chi connectivity index (χ1n) is 7.29. The minimum Gasteiger partial charge on any atom is -0.494 e. The minimum atomic E-state index is -0.383. The number of halogens is 1. The Hall–Kier alpha value is -2.40. The molecular formula is C18H20FNO3. The third-order valence-corrected chi connectivity index (χ3v) is 3.64. The van der Waals surface area contributed by atoms with Gasteiger partial charge in [0.05, 0.1) is 19.8 Å². The van der Waals surface area contributed by atoms with Gasteiger partial charge < -0.3 is 14.8 Å². The number of esters is 1. The minimum absolute atomic E-state index is 0.0443. The summed E-state index contributed by atoms with van der Waals surface area (Å²) >= 11 is 0. The van der Waals surface area contributed by atoms with Crippen LogP contribution in [-0.2, 0) is 11.3 Å². The van der Waals surface area contributed by atoms with Crippen LogP contribution in [-0.4, -0.2) is 20.2 Å². The van der Waals surface area contributed by atoms with Crippen LogP contribution in [0.15, 0.2) is 42.5 Å². The molecule has 0 bridgehead atoms. The molecule has 0 radical (unpaired) electrons. The number of rotatable bonds is 6. The van der Waals surface area contributed by atoms with Crippen LogP contribution in [0.25, 0.3) is 0 Å². The number of hydrogen-bond donors (Lipinski definition) is 1. The van der Waals surface area contributed by atoms with E-state index in [0.29, 0.717) is 12.1 Å². The van der Waals surface area contributed by atoms with Crippen LogP contribution in [0.4, 0.5) is 4.39 Å². The molecule has 1 atom stereocenters. The van der Waals surface area contributed by atoms with Gasteiger partial charge in [0.25, 0.3) is 0 Å². The summed E-state index contributed by atoms with van der Waals surface area (Å²) < 4.78 is 23.4. The predicted octanol–water partition coefficient (Wildman–Crippen LogP) is 3.47. The van der Waals surface area contributed by atoms with Crippen LogP contribution >= 0.6 is 0 Å². The molecule has 2 aromatic rings. The molecule has 0 aliphatic carbocycles. The lowest BCUT2D eigenvalue weighted by atomic mass is 10.1. The molecule has 0 amide bonds. The highest BCUT2D eigenvalue weighted by Crippen LogP contribution is 2.22. The molecule has 0 aliphatic rings. The van der Waals surface area contributed by atoms with E-state index >= 15 is 0 Å². The maximum Gasteiger partial charge on any atom is 0.337 e. The van der Waals surface area contributed by atoms with Crippen molar-refractivity contribution in [1.82, 2.24) is 5.32 Å². The normalized spacial score (nSPS) is 11.8. The molecule has 0 spiro atoms. The van der Waals surface area contributed by atoms with Crippen molar-refractivity contribution in [2.45, 2.75) is 19.5 Å². The topological polar surface area (TPSA) is 47.6 Å². The molecule has 2 rings (SSSR count). The van der Waals surface area contributed by atoms with Gasteiger partial charge in [0.1, 0.15) is 0 Å². The van der Waals surface area contributed by atoms with Crippen LogP contribution in [0.2, 0.25) is 0 Å². The largest absolute Gasteiger partial charge is 0.494 e. The summed E-state index contributed by atoms with van der Waals surface area (Å²) in [7, 11) is 2.79. The molecule has 1 N–H and O–H groups in total. The van der Waals surface area contributed by atoms with Gasteiger partial charge in [0.2, 0.25) is 0 Å². The van der Waals surface area contributed by atoms with Gasteiger partial charge in [-0.25, -0.2) is 9.18 Å². The van der Waals surface area contributed by atoms with Gasteiger partial charge in [-0.3, -0.25) is 0 Å². The van der Waals surface area contributed by atoms with E-state index in [4.69, 9.17) is 9.47 Å². The molecule has 0 aliphatic heterocycles. The highest BCUT2D eigenvalue weighted by Gasteiger charge is 2.10. The average molecular weight is 317 g/mol. The number of methoxy groups -OCH3 is 2. The van der Waals surface area contributed by atoms with Gasteiger partial charge >= 0.3 is 5.97 Å². The highest BCUT2D eigenvalue weighted by atomic mass is 19.1. The summed E-state index contributed by atoms with van der Waals surface area (Å²) in [6.45, 7) is 2.51. The number of hydrogen-bond acceptors (Lipinski definition) is 4. The molecule has 122 valence electrons. The first-order chi connectivity index (χ1) is 11.0. The Labute approximate surface area is 135 Å². The zero-order chi connectivity index (χ0) is 16.8. The first kappa shape index (κ1) is 17.0. The van der Waals surface area contributed by atoms with Crippen molar-refractivity contribution < 1.29 is 18.7 Å². The molecule has 5 heteroatoms. The Morgan fingerprint density at radius 2 is 2.00 bits per heavy atom. The molecular weight excluding hydrogens is 297 g/mol. The number of carbonyl (C=O) groups excluding carboxylic acids is 1. The van der Waals surface area contributed by atoms with E-state index in [9.17, 15) is 9.18 Å². The molecule has 0 aromatic heterocycles. The maximum absolute atomic E-state index is 13.8. The quantitative estimate of drug-likeness (QED) is 0.829. The molecule has 4 nitrogen and oxygen atoms in total. The van der Waals surface area contributed by atoms with Gasteiger partial charge in [-0.2, -0.15) is 0 Å². The van der Waals surface area contributed by atoms with Crippen molar-refractivity contribution in [2.24, 2.45) is 0 Å². The lowest BCUT2D eigenvalue weighted by Gasteiger charge is -2.15. The standard InChI is InChI=1S/C18H20FNO3/c1-12(14-7-8-17(22-2)16(19)10-14)20-11-13-5-4-6-15(9-13)18(21)23-3/h4-10,12,20H,11H2,1-3H3/t12-/m1/s1. The van der Waals surface area contributed by atoms with E-state index in [-0.39, 0.29) is 23.6 Å². The number of nitrogens with one attached hydrogen (secondary N) is 1. The van der Waals surface area contributed by atoms with Crippen LogP contribution < -0.4 is 10.1 Å². The van der Waals surface area contributed by atoms with Gasteiger partial charge in [-0.05, 0) is 42.3 Å². The Morgan fingerprint density at radius 3 is 2.65 bits per heavy atom. The second-order valence-electron chi connectivity index (χ2n) is 5.19. The molecule has 2 aromatic carbocycles. The van der Waals surface area contributed by atoms with Gasteiger partial charge in [0, 0.05) is 12.6 Å². The zero-order valence-corrected chi connectivity index (χ0v) is 13.4. The maximum atomic E-state index is 13.8. The summed E-state index contributed by atoms with van der Waals surface area (Å²) in [6, 6.07) is 12.1. The van der Waals surface area contributed by atoms with E-state index in [0.717, 1.165) is 11.1 Å². The number of ether oxygens (including phenoxy) is 2. The Bertz CT molecular complexity index is 688. The number of benzene rings is 2. The average Bonchev–Trinajstić information content (AvgIpc) is 2.59. The summed E-state index contributed by atoms with van der Waals surface area (Å²) in [5.74, 6) is -0.518. The van der Waals surface area contributed by atoms with Crippen molar-refractivity contribution in [1.29, 1.82) is 0 Å². The molecule has 0 unspecified atom stereocenters. The smallest absolute Gasteiger partial charge is 0.337 e. The van der Waals surface area contributed by atoms with Crippen molar-refractivity contribution in [3.05, 3.63) is 65.0 Å². The lowest BCUT2D eigenvalue weighted by Crippen LogP contribution is -2.18. The van der Waals surface area contributed by atoms with E-state index < -0.39 is 0 Å². The van der Waals surface area contributed by atoms with Gasteiger partial charge in [-0.15, -0.1) is 0 Å². The van der Waals surface area contributed by atoms with Crippen LogP contribution in [0.5, 0.6) is 5.75 Å². The molecule has 0 fully saturated rings. The SMILES string of the molecule is COC(=O)c1cccc(CN[C@H](C)c2ccc(OC)c(F)c2)c1. The van der Waals surface area contributed by atoms with Crippen molar-refractivity contribution in [3.8, 4) is 5.75 Å². The fourth-order valence-corrected chi connectivity index (χ4v) is 2.27. The van der Waals surface area contributed by atoms with Gasteiger partial charge in [0.15, 0.2) is 11.6 Å². The van der Waals surface area contributed by atoms with Crippen LogP contribution in [0, 0.1) is 5.82 Å². The Morgan fingerprint density at radius 1 is 1.22 bits per heavy atom. The lowest BCUT2D eigenvalue weighted by molar-refractivity contribution is 0.0600. The van der Waals surface area contributed by atoms with Crippen LogP contribution in [0.1, 0.15) is 34.5 Å². The van der Waals surface area contributed by atoms with E-state index in [1.807, 2.05) is 19.1 Å². The number of carbonyl (C=O) groups is 1. The highest BCUT2D eigenvalue weighted by molar-refractivity contribution is 5.89. The van der Waals surface area contributed by atoms with Crippen molar-refractivity contribution in [2.75, 3.05) is 14.2 Å². The zero-order valence-electron chi connectivity index (χ0n) is 13.4. The summed E-state index contributed by atoms with van der Waals surface area (Å²) in [5, 5.41) is 3.30. The molecule has 0 heterocycles. The van der Waals surface area contributed by atoms with Crippen molar-refractivity contribution >= 4 is 5.97 Å². The molecule has 0 saturated heterocycles. The monoisotopic (exact) mass is 317 g/mol. The van der Waals surface area contributed by atoms with E-state index in [1.54, 1.807) is 24.3 Å². The predicted molar refractivity (Wildman–Crippen MR) is 86.0 cm³/mol. The fraction of sp³-hybridized carbons (Fsp3) is 0.278. The van der Waals surface area contributed by atoms with E-state index in [1.165, 1.54) is 20.3 Å². The summed E-state index contributed by atoms with van der Waals surface area (Å²) in [4.78, 5) is 11.5. The second-order valence-corrected chi connectivity index (χ2v) is 5.19. The molecule has 0 saturated carbocycles. The second kappa shape index (κ2) is 7.74. The third-order valence-electron chi connectivity index (χ3n) is 3.64. The van der Waals surface area contributed by atoms with Crippen molar-refractivity contribution in [3.63, 3.8) is 0 Å².